The SMILES string of the molecule is CC(O)CN(C)c1cc(C(=O)O)cc(Cl)n1. The van der Waals surface area contributed by atoms with Crippen molar-refractivity contribution in [3.05, 3.63) is 22.8 Å². The number of carboxylic acid groups (broad SMARTS) is 1. The number of aliphatic hydroxyl groups is 1. The van der Waals surface area contributed by atoms with E-state index in [4.69, 9.17) is 16.7 Å². The smallest absolute Gasteiger partial charge is 0.335 e. The van der Waals surface area contributed by atoms with Gasteiger partial charge < -0.3 is 15.1 Å². The van der Waals surface area contributed by atoms with Crippen LogP contribution in [0.2, 0.25) is 5.15 Å². The van der Waals surface area contributed by atoms with Gasteiger partial charge in [-0.15, -0.1) is 0 Å². The predicted molar refractivity (Wildman–Crippen MR) is 61.2 cm³/mol. The number of hydrogen-bond donors (Lipinski definition) is 2. The van der Waals surface area contributed by atoms with Crippen LogP contribution in [0.15, 0.2) is 12.1 Å². The van der Waals surface area contributed by atoms with Crippen LogP contribution < -0.4 is 4.90 Å². The summed E-state index contributed by atoms with van der Waals surface area (Å²) in [5.41, 5.74) is 0.0763. The van der Waals surface area contributed by atoms with Crippen LogP contribution in [0, 0.1) is 0 Å². The minimum Gasteiger partial charge on any atom is -0.478 e. The van der Waals surface area contributed by atoms with E-state index < -0.39 is 12.1 Å². The molecule has 1 atom stereocenters. The second kappa shape index (κ2) is 5.14. The lowest BCUT2D eigenvalue weighted by atomic mass is 10.2. The van der Waals surface area contributed by atoms with E-state index in [0.29, 0.717) is 12.4 Å². The molecule has 0 fully saturated rings. The normalized spacial score (nSPS) is 12.2. The quantitative estimate of drug-likeness (QED) is 0.780. The van der Waals surface area contributed by atoms with Crippen LogP contribution in [0.4, 0.5) is 5.82 Å². The highest BCUT2D eigenvalue weighted by atomic mass is 35.5. The fraction of sp³-hybridized carbons (Fsp3) is 0.400. The van der Waals surface area contributed by atoms with Gasteiger partial charge in [-0.05, 0) is 19.1 Å². The Hall–Kier alpha value is -1.33. The molecule has 1 heterocycles. The van der Waals surface area contributed by atoms with E-state index in [9.17, 15) is 9.90 Å². The number of carbonyl (C=O) groups is 1. The number of aromatic carboxylic acids is 1. The van der Waals surface area contributed by atoms with Crippen molar-refractivity contribution in [1.29, 1.82) is 0 Å². The van der Waals surface area contributed by atoms with Crippen LogP contribution in [0.5, 0.6) is 0 Å². The highest BCUT2D eigenvalue weighted by Crippen LogP contribution is 2.17. The average molecular weight is 245 g/mol. The molecule has 0 amide bonds. The lowest BCUT2D eigenvalue weighted by Crippen LogP contribution is -2.27. The summed E-state index contributed by atoms with van der Waals surface area (Å²) in [5, 5.41) is 18.2. The van der Waals surface area contributed by atoms with E-state index in [1.807, 2.05) is 0 Å². The number of rotatable bonds is 4. The Labute approximate surface area is 98.3 Å². The lowest BCUT2D eigenvalue weighted by Gasteiger charge is -2.20. The van der Waals surface area contributed by atoms with Crippen molar-refractivity contribution in [2.45, 2.75) is 13.0 Å². The van der Waals surface area contributed by atoms with Crippen LogP contribution >= 0.6 is 11.6 Å². The summed E-state index contributed by atoms with van der Waals surface area (Å²) in [5.74, 6) is -0.637. The van der Waals surface area contributed by atoms with Crippen molar-refractivity contribution in [1.82, 2.24) is 4.98 Å². The monoisotopic (exact) mass is 244 g/mol. The van der Waals surface area contributed by atoms with Crippen LogP contribution in [-0.2, 0) is 0 Å². The molecule has 0 spiro atoms. The Morgan fingerprint density at radius 2 is 2.25 bits per heavy atom. The number of pyridine rings is 1. The summed E-state index contributed by atoms with van der Waals surface area (Å²) in [6, 6.07) is 2.69. The molecular weight excluding hydrogens is 232 g/mol. The molecule has 1 aromatic rings. The molecule has 0 aliphatic rings. The van der Waals surface area contributed by atoms with Crippen LogP contribution in [0.25, 0.3) is 0 Å². The number of aliphatic hydroxyl groups excluding tert-OH is 1. The molecule has 0 saturated carbocycles. The van der Waals surface area contributed by atoms with Crippen molar-refractivity contribution in [3.8, 4) is 0 Å². The van der Waals surface area contributed by atoms with Gasteiger partial charge >= 0.3 is 5.97 Å². The number of carboxylic acids is 1. The maximum Gasteiger partial charge on any atom is 0.335 e. The number of halogens is 1. The Balaban J connectivity index is 3.00. The third-order valence-corrected chi connectivity index (χ3v) is 2.15. The van der Waals surface area contributed by atoms with E-state index in [1.54, 1.807) is 18.9 Å². The van der Waals surface area contributed by atoms with Crippen LogP contribution in [0.1, 0.15) is 17.3 Å². The number of aromatic nitrogens is 1. The standard InChI is InChI=1S/C10H13ClN2O3/c1-6(14)5-13(2)9-4-7(10(15)16)3-8(11)12-9/h3-4,6,14H,5H2,1-2H3,(H,15,16). The zero-order valence-corrected chi connectivity index (χ0v) is 9.77. The van der Waals surface area contributed by atoms with Gasteiger partial charge in [0.2, 0.25) is 0 Å². The fourth-order valence-electron chi connectivity index (χ4n) is 1.29. The van der Waals surface area contributed by atoms with Gasteiger partial charge in [0.05, 0.1) is 11.7 Å². The Bertz CT molecular complexity index is 396. The van der Waals surface area contributed by atoms with Crippen molar-refractivity contribution < 1.29 is 15.0 Å². The first kappa shape index (κ1) is 12.7. The predicted octanol–water partition coefficient (Wildman–Crippen LogP) is 1.25. The molecule has 16 heavy (non-hydrogen) atoms. The molecule has 88 valence electrons. The largest absolute Gasteiger partial charge is 0.478 e. The first-order valence-electron chi connectivity index (χ1n) is 4.70. The highest BCUT2D eigenvalue weighted by molar-refractivity contribution is 6.29. The van der Waals surface area contributed by atoms with Crippen molar-refractivity contribution in [2.75, 3.05) is 18.5 Å². The highest BCUT2D eigenvalue weighted by Gasteiger charge is 2.11. The molecule has 0 aliphatic carbocycles. The molecule has 0 aromatic carbocycles. The van der Waals surface area contributed by atoms with E-state index in [0.717, 1.165) is 0 Å². The topological polar surface area (TPSA) is 73.7 Å². The number of nitrogens with zero attached hydrogens (tertiary/aromatic N) is 2. The molecule has 6 heteroatoms. The first-order chi connectivity index (χ1) is 7.40. The van der Waals surface area contributed by atoms with Gasteiger partial charge in [0.1, 0.15) is 11.0 Å². The van der Waals surface area contributed by atoms with Crippen LogP contribution in [-0.4, -0.2) is 40.9 Å². The second-order valence-corrected chi connectivity index (χ2v) is 3.96. The first-order valence-corrected chi connectivity index (χ1v) is 5.08. The molecular formula is C10H13ClN2O3. The van der Waals surface area contributed by atoms with Gasteiger partial charge in [-0.2, -0.15) is 0 Å². The van der Waals surface area contributed by atoms with E-state index in [1.165, 1.54) is 12.1 Å². The summed E-state index contributed by atoms with van der Waals surface area (Å²) in [7, 11) is 1.71. The van der Waals surface area contributed by atoms with E-state index in [2.05, 4.69) is 4.98 Å². The third kappa shape index (κ3) is 3.36. The van der Waals surface area contributed by atoms with Crippen molar-refractivity contribution in [3.63, 3.8) is 0 Å². The summed E-state index contributed by atoms with van der Waals surface area (Å²) in [6.07, 6.45) is -0.529. The zero-order chi connectivity index (χ0) is 12.3. The minimum absolute atomic E-state index is 0.0763. The molecule has 0 saturated heterocycles. The Kier molecular flexibility index (Phi) is 4.09. The van der Waals surface area contributed by atoms with Gasteiger partial charge in [0.15, 0.2) is 0 Å². The maximum atomic E-state index is 10.8. The van der Waals surface area contributed by atoms with Crippen molar-refractivity contribution >= 4 is 23.4 Å². The van der Waals surface area contributed by atoms with E-state index >= 15 is 0 Å². The summed E-state index contributed by atoms with van der Waals surface area (Å²) < 4.78 is 0. The van der Waals surface area contributed by atoms with Crippen LogP contribution in [0.3, 0.4) is 0 Å². The second-order valence-electron chi connectivity index (χ2n) is 3.57. The molecule has 0 radical (unpaired) electrons. The lowest BCUT2D eigenvalue weighted by molar-refractivity contribution is 0.0697. The van der Waals surface area contributed by atoms with Gasteiger partial charge in [0, 0.05) is 13.6 Å². The summed E-state index contributed by atoms with van der Waals surface area (Å²) >= 11 is 5.71. The number of anilines is 1. The zero-order valence-electron chi connectivity index (χ0n) is 9.01. The molecule has 5 nitrogen and oxygen atoms in total. The maximum absolute atomic E-state index is 10.8. The van der Waals surface area contributed by atoms with Gasteiger partial charge in [0.25, 0.3) is 0 Å². The Morgan fingerprint density at radius 1 is 1.62 bits per heavy atom. The van der Waals surface area contributed by atoms with Gasteiger partial charge in [-0.1, -0.05) is 11.6 Å². The third-order valence-electron chi connectivity index (χ3n) is 1.96. The fourth-order valence-corrected chi connectivity index (χ4v) is 1.50. The average Bonchev–Trinajstić information content (AvgIpc) is 2.15. The number of hydrogen-bond acceptors (Lipinski definition) is 4. The molecule has 1 aromatic heterocycles. The van der Waals surface area contributed by atoms with Gasteiger partial charge in [-0.3, -0.25) is 0 Å². The molecule has 0 bridgehead atoms. The molecule has 1 rings (SSSR count). The molecule has 0 aliphatic heterocycles. The van der Waals surface area contributed by atoms with E-state index in [-0.39, 0.29) is 10.7 Å². The minimum atomic E-state index is -1.06. The summed E-state index contributed by atoms with van der Waals surface area (Å²) in [6.45, 7) is 1.99. The Morgan fingerprint density at radius 3 is 2.75 bits per heavy atom. The summed E-state index contributed by atoms with van der Waals surface area (Å²) in [4.78, 5) is 16.4. The number of likely N-dealkylation sites (N-methyl/N-ethyl adjacent to an activating group) is 1. The molecule has 1 unspecified atom stereocenters. The van der Waals surface area contributed by atoms with Gasteiger partial charge in [-0.25, -0.2) is 9.78 Å². The van der Waals surface area contributed by atoms with Crippen molar-refractivity contribution in [2.24, 2.45) is 0 Å². The molecule has 2 N–H and O–H groups in total.